The number of nitrogens with one attached hydrogen (secondary N) is 1. The van der Waals surface area contributed by atoms with Crippen LogP contribution in [-0.4, -0.2) is 24.0 Å². The maximum absolute atomic E-state index is 11.8. The molecule has 0 atom stereocenters. The summed E-state index contributed by atoms with van der Waals surface area (Å²) in [6.45, 7) is 2.86. The standard InChI is InChI=1S/C20H25NOS2/c1-17-6-5-9-19(14-17)16-24-13-11-21-20(22)10-12-23-15-18-7-3-2-4-8-18/h2-9,14H,10-13,15-16H2,1H3,(H,21,22). The number of carbonyl (C=O) groups is 1. The van der Waals surface area contributed by atoms with E-state index in [2.05, 4.69) is 60.8 Å². The number of hydrogen-bond donors (Lipinski definition) is 1. The van der Waals surface area contributed by atoms with Crippen LogP contribution in [0.25, 0.3) is 0 Å². The van der Waals surface area contributed by atoms with Crippen LogP contribution in [0.4, 0.5) is 0 Å². The van der Waals surface area contributed by atoms with Gasteiger partial charge in [0, 0.05) is 36.0 Å². The van der Waals surface area contributed by atoms with Crippen molar-refractivity contribution >= 4 is 29.4 Å². The smallest absolute Gasteiger partial charge is 0.220 e. The number of carbonyl (C=O) groups excluding carboxylic acids is 1. The lowest BCUT2D eigenvalue weighted by Gasteiger charge is -2.06. The highest BCUT2D eigenvalue weighted by molar-refractivity contribution is 7.98. The summed E-state index contributed by atoms with van der Waals surface area (Å²) in [6.07, 6.45) is 0.597. The van der Waals surface area contributed by atoms with Crippen LogP contribution in [0.1, 0.15) is 23.1 Å². The van der Waals surface area contributed by atoms with E-state index >= 15 is 0 Å². The van der Waals surface area contributed by atoms with Crippen molar-refractivity contribution in [2.75, 3.05) is 18.1 Å². The Labute approximate surface area is 153 Å². The largest absolute Gasteiger partial charge is 0.355 e. The fourth-order valence-corrected chi connectivity index (χ4v) is 3.98. The molecule has 1 N–H and O–H groups in total. The molecule has 0 saturated heterocycles. The maximum Gasteiger partial charge on any atom is 0.220 e. The zero-order valence-corrected chi connectivity index (χ0v) is 15.8. The summed E-state index contributed by atoms with van der Waals surface area (Å²) in [6, 6.07) is 19.0. The first-order valence-electron chi connectivity index (χ1n) is 8.26. The van der Waals surface area contributed by atoms with Gasteiger partial charge in [-0.05, 0) is 18.1 Å². The molecule has 0 aromatic heterocycles. The Morgan fingerprint density at radius 2 is 1.62 bits per heavy atom. The van der Waals surface area contributed by atoms with Gasteiger partial charge in [-0.25, -0.2) is 0 Å². The van der Waals surface area contributed by atoms with Crippen molar-refractivity contribution in [2.24, 2.45) is 0 Å². The lowest BCUT2D eigenvalue weighted by molar-refractivity contribution is -0.120. The lowest BCUT2D eigenvalue weighted by Crippen LogP contribution is -2.25. The zero-order valence-electron chi connectivity index (χ0n) is 14.2. The minimum Gasteiger partial charge on any atom is -0.355 e. The van der Waals surface area contributed by atoms with E-state index in [0.717, 1.165) is 29.6 Å². The van der Waals surface area contributed by atoms with Crippen molar-refractivity contribution in [3.63, 3.8) is 0 Å². The Kier molecular flexibility index (Phi) is 8.85. The molecule has 2 rings (SSSR count). The van der Waals surface area contributed by atoms with Crippen molar-refractivity contribution in [1.29, 1.82) is 0 Å². The molecule has 2 nitrogen and oxygen atoms in total. The Balaban J connectivity index is 1.48. The third-order valence-corrected chi connectivity index (χ3v) is 5.57. The molecule has 0 saturated carbocycles. The third kappa shape index (κ3) is 7.93. The highest BCUT2D eigenvalue weighted by atomic mass is 32.2. The first kappa shape index (κ1) is 18.9. The summed E-state index contributed by atoms with van der Waals surface area (Å²) in [4.78, 5) is 11.8. The Hall–Kier alpha value is -1.39. The first-order chi connectivity index (χ1) is 11.7. The summed E-state index contributed by atoms with van der Waals surface area (Å²) in [5.41, 5.74) is 3.97. The highest BCUT2D eigenvalue weighted by Crippen LogP contribution is 2.14. The average molecular weight is 360 g/mol. The number of thioether (sulfide) groups is 2. The van der Waals surface area contributed by atoms with Gasteiger partial charge in [0.15, 0.2) is 0 Å². The number of hydrogen-bond acceptors (Lipinski definition) is 3. The second kappa shape index (κ2) is 11.2. The molecule has 0 aliphatic heterocycles. The SMILES string of the molecule is Cc1cccc(CSCCNC(=O)CCSCc2ccccc2)c1. The van der Waals surface area contributed by atoms with Gasteiger partial charge >= 0.3 is 0 Å². The monoisotopic (exact) mass is 359 g/mol. The van der Waals surface area contributed by atoms with Crippen molar-refractivity contribution in [1.82, 2.24) is 5.32 Å². The molecule has 0 aliphatic carbocycles. The molecule has 0 radical (unpaired) electrons. The van der Waals surface area contributed by atoms with Crippen LogP contribution in [0.3, 0.4) is 0 Å². The molecule has 24 heavy (non-hydrogen) atoms. The molecule has 0 fully saturated rings. The molecule has 0 spiro atoms. The van der Waals surface area contributed by atoms with Crippen LogP contribution in [-0.2, 0) is 16.3 Å². The number of amides is 1. The Morgan fingerprint density at radius 3 is 2.42 bits per heavy atom. The van der Waals surface area contributed by atoms with Gasteiger partial charge in [0.05, 0.1) is 0 Å². The molecular weight excluding hydrogens is 334 g/mol. The zero-order chi connectivity index (χ0) is 17.0. The molecule has 4 heteroatoms. The lowest BCUT2D eigenvalue weighted by atomic mass is 10.2. The van der Waals surface area contributed by atoms with E-state index in [1.54, 1.807) is 0 Å². The van der Waals surface area contributed by atoms with Crippen molar-refractivity contribution in [3.8, 4) is 0 Å². The number of aryl methyl sites for hydroxylation is 1. The van der Waals surface area contributed by atoms with Gasteiger partial charge in [0.25, 0.3) is 0 Å². The van der Waals surface area contributed by atoms with Gasteiger partial charge in [-0.2, -0.15) is 23.5 Å². The van der Waals surface area contributed by atoms with Crippen LogP contribution in [0.2, 0.25) is 0 Å². The number of benzene rings is 2. The first-order valence-corrected chi connectivity index (χ1v) is 10.6. The van der Waals surface area contributed by atoms with Gasteiger partial charge in [-0.3, -0.25) is 4.79 Å². The average Bonchev–Trinajstić information content (AvgIpc) is 2.59. The molecule has 0 unspecified atom stereocenters. The van der Waals surface area contributed by atoms with Crippen molar-refractivity contribution < 1.29 is 4.79 Å². The third-order valence-electron chi connectivity index (χ3n) is 3.50. The van der Waals surface area contributed by atoms with E-state index in [0.29, 0.717) is 6.42 Å². The molecule has 2 aromatic carbocycles. The maximum atomic E-state index is 11.8. The molecular formula is C20H25NOS2. The van der Waals surface area contributed by atoms with Gasteiger partial charge < -0.3 is 5.32 Å². The quantitative estimate of drug-likeness (QED) is 0.625. The molecule has 0 heterocycles. The van der Waals surface area contributed by atoms with E-state index in [1.165, 1.54) is 16.7 Å². The molecule has 0 bridgehead atoms. The van der Waals surface area contributed by atoms with Crippen LogP contribution < -0.4 is 5.32 Å². The fourth-order valence-electron chi connectivity index (χ4n) is 2.27. The van der Waals surface area contributed by atoms with Crippen molar-refractivity contribution in [3.05, 3.63) is 71.3 Å². The van der Waals surface area contributed by atoms with Crippen LogP contribution in [0.15, 0.2) is 54.6 Å². The van der Waals surface area contributed by atoms with Gasteiger partial charge in [0.1, 0.15) is 0 Å². The predicted octanol–water partition coefficient (Wildman–Crippen LogP) is 4.67. The summed E-state index contributed by atoms with van der Waals surface area (Å²) in [5, 5.41) is 3.01. The topological polar surface area (TPSA) is 29.1 Å². The van der Waals surface area contributed by atoms with Crippen LogP contribution in [0.5, 0.6) is 0 Å². The Morgan fingerprint density at radius 1 is 0.917 bits per heavy atom. The molecule has 2 aromatic rings. The van der Waals surface area contributed by atoms with Gasteiger partial charge in [-0.15, -0.1) is 0 Å². The number of rotatable bonds is 10. The normalized spacial score (nSPS) is 10.5. The molecule has 1 amide bonds. The molecule has 0 aliphatic rings. The minimum atomic E-state index is 0.159. The van der Waals surface area contributed by atoms with Crippen molar-refractivity contribution in [2.45, 2.75) is 24.9 Å². The Bertz CT molecular complexity index is 616. The second-order valence-corrected chi connectivity index (χ2v) is 7.89. The molecule has 128 valence electrons. The van der Waals surface area contributed by atoms with Crippen LogP contribution >= 0.6 is 23.5 Å². The minimum absolute atomic E-state index is 0.159. The summed E-state index contributed by atoms with van der Waals surface area (Å²) >= 11 is 3.67. The van der Waals surface area contributed by atoms with Gasteiger partial charge in [-0.1, -0.05) is 60.2 Å². The van der Waals surface area contributed by atoms with E-state index in [1.807, 2.05) is 29.6 Å². The summed E-state index contributed by atoms with van der Waals surface area (Å²) in [5.74, 6) is 3.96. The van der Waals surface area contributed by atoms with Crippen LogP contribution in [0, 0.1) is 6.92 Å². The van der Waals surface area contributed by atoms with Gasteiger partial charge in [0.2, 0.25) is 5.91 Å². The van der Waals surface area contributed by atoms with E-state index < -0.39 is 0 Å². The fraction of sp³-hybridized carbons (Fsp3) is 0.350. The highest BCUT2D eigenvalue weighted by Gasteiger charge is 2.01. The summed E-state index contributed by atoms with van der Waals surface area (Å²) < 4.78 is 0. The summed E-state index contributed by atoms with van der Waals surface area (Å²) in [7, 11) is 0. The van der Waals surface area contributed by atoms with E-state index in [4.69, 9.17) is 0 Å². The van der Waals surface area contributed by atoms with E-state index in [9.17, 15) is 4.79 Å². The second-order valence-electron chi connectivity index (χ2n) is 5.68. The van der Waals surface area contributed by atoms with E-state index in [-0.39, 0.29) is 5.91 Å². The predicted molar refractivity (Wildman–Crippen MR) is 108 cm³/mol.